The molecule has 0 radical (unpaired) electrons. The number of hydrogen-bond acceptors (Lipinski definition) is 6. The number of benzene rings is 1. The third kappa shape index (κ3) is 3.85. The predicted molar refractivity (Wildman–Crippen MR) is 87.3 cm³/mol. The van der Waals surface area contributed by atoms with Crippen LogP contribution in [0, 0.1) is 6.92 Å². The number of carbonyl (C=O) groups excluding carboxylic acids is 1. The zero-order chi connectivity index (χ0) is 16.9. The third-order valence-electron chi connectivity index (χ3n) is 3.07. The second-order valence-electron chi connectivity index (χ2n) is 4.85. The molecular formula is C15H13ClN6O2. The molecule has 0 aliphatic carbocycles. The second-order valence-corrected chi connectivity index (χ2v) is 5.26. The minimum atomic E-state index is -0.342. The normalized spacial score (nSPS) is 10.4. The molecule has 2 heterocycles. The average Bonchev–Trinajstić information content (AvgIpc) is 3.11. The van der Waals surface area contributed by atoms with Crippen LogP contribution in [0.5, 0.6) is 5.75 Å². The summed E-state index contributed by atoms with van der Waals surface area (Å²) in [6.45, 7) is 1.71. The van der Waals surface area contributed by atoms with E-state index in [0.717, 1.165) is 5.56 Å². The first-order valence-electron chi connectivity index (χ1n) is 6.97. The lowest BCUT2D eigenvalue weighted by molar-refractivity contribution is -0.118. The number of carbonyl (C=O) groups is 1. The molecular weight excluding hydrogens is 332 g/mol. The Morgan fingerprint density at radius 2 is 2.17 bits per heavy atom. The van der Waals surface area contributed by atoms with Crippen molar-refractivity contribution < 1.29 is 9.53 Å². The summed E-state index contributed by atoms with van der Waals surface area (Å²) in [6.07, 6.45) is 4.22. The van der Waals surface area contributed by atoms with Crippen LogP contribution in [-0.2, 0) is 4.79 Å². The SMILES string of the molecule is Cc1cc(OCC(=O)Nc2cc(-n3cncn3)ncn2)ccc1Cl. The Hall–Kier alpha value is -3.00. The summed E-state index contributed by atoms with van der Waals surface area (Å²) in [5, 5.41) is 7.25. The minimum absolute atomic E-state index is 0.149. The van der Waals surface area contributed by atoms with Gasteiger partial charge < -0.3 is 10.1 Å². The Bertz CT molecular complexity index is 853. The van der Waals surface area contributed by atoms with Gasteiger partial charge in [-0.15, -0.1) is 0 Å². The lowest BCUT2D eigenvalue weighted by atomic mass is 10.2. The smallest absolute Gasteiger partial charge is 0.263 e. The molecule has 24 heavy (non-hydrogen) atoms. The molecule has 0 fully saturated rings. The van der Waals surface area contributed by atoms with Gasteiger partial charge in [-0.05, 0) is 30.7 Å². The molecule has 0 saturated carbocycles. The van der Waals surface area contributed by atoms with Gasteiger partial charge >= 0.3 is 0 Å². The van der Waals surface area contributed by atoms with Crippen LogP contribution in [0.25, 0.3) is 5.82 Å². The van der Waals surface area contributed by atoms with Crippen molar-refractivity contribution in [2.24, 2.45) is 0 Å². The Kier molecular flexibility index (Phi) is 4.66. The largest absolute Gasteiger partial charge is 0.484 e. The maximum atomic E-state index is 12.0. The van der Waals surface area contributed by atoms with E-state index < -0.39 is 0 Å². The van der Waals surface area contributed by atoms with E-state index in [1.165, 1.54) is 23.7 Å². The highest BCUT2D eigenvalue weighted by Gasteiger charge is 2.08. The lowest BCUT2D eigenvalue weighted by Crippen LogP contribution is -2.21. The monoisotopic (exact) mass is 344 g/mol. The minimum Gasteiger partial charge on any atom is -0.484 e. The summed E-state index contributed by atoms with van der Waals surface area (Å²) < 4.78 is 6.90. The van der Waals surface area contributed by atoms with Gasteiger partial charge in [0, 0.05) is 11.1 Å². The van der Waals surface area contributed by atoms with Crippen LogP contribution >= 0.6 is 11.6 Å². The molecule has 122 valence electrons. The van der Waals surface area contributed by atoms with Gasteiger partial charge in [0.05, 0.1) is 0 Å². The topological polar surface area (TPSA) is 94.8 Å². The number of anilines is 1. The molecule has 1 aromatic carbocycles. The number of hydrogen-bond donors (Lipinski definition) is 1. The predicted octanol–water partition coefficient (Wildman–Crippen LogP) is 2.04. The summed E-state index contributed by atoms with van der Waals surface area (Å²) in [5.41, 5.74) is 0.878. The van der Waals surface area contributed by atoms with Crippen molar-refractivity contribution in [2.45, 2.75) is 6.92 Å². The zero-order valence-electron chi connectivity index (χ0n) is 12.7. The summed E-state index contributed by atoms with van der Waals surface area (Å²) in [5.74, 6) is 1.06. The third-order valence-corrected chi connectivity index (χ3v) is 3.50. The highest BCUT2D eigenvalue weighted by Crippen LogP contribution is 2.21. The summed E-state index contributed by atoms with van der Waals surface area (Å²) in [4.78, 5) is 23.9. The van der Waals surface area contributed by atoms with E-state index in [4.69, 9.17) is 16.3 Å². The van der Waals surface area contributed by atoms with E-state index in [2.05, 4.69) is 25.4 Å². The standard InChI is InChI=1S/C15H13ClN6O2/c1-10-4-11(2-3-12(10)16)24-6-15(23)21-13-5-14(19-8-18-13)22-9-17-7-20-22/h2-5,7-9H,6H2,1H3,(H,18,19,21,23). The zero-order valence-corrected chi connectivity index (χ0v) is 13.4. The van der Waals surface area contributed by atoms with Crippen LogP contribution in [0.4, 0.5) is 5.82 Å². The van der Waals surface area contributed by atoms with Crippen LogP contribution in [0.15, 0.2) is 43.2 Å². The van der Waals surface area contributed by atoms with Gasteiger partial charge in [-0.3, -0.25) is 4.79 Å². The van der Waals surface area contributed by atoms with E-state index in [0.29, 0.717) is 22.4 Å². The Labute approximate surface area is 142 Å². The Morgan fingerprint density at radius 3 is 2.92 bits per heavy atom. The van der Waals surface area contributed by atoms with Gasteiger partial charge in [0.25, 0.3) is 5.91 Å². The molecule has 0 aliphatic rings. The molecule has 0 bridgehead atoms. The first-order valence-corrected chi connectivity index (χ1v) is 7.35. The van der Waals surface area contributed by atoms with E-state index in [-0.39, 0.29) is 12.5 Å². The molecule has 1 amide bonds. The molecule has 8 nitrogen and oxygen atoms in total. The maximum Gasteiger partial charge on any atom is 0.263 e. The molecule has 0 aliphatic heterocycles. The van der Waals surface area contributed by atoms with Crippen molar-refractivity contribution in [1.29, 1.82) is 0 Å². The van der Waals surface area contributed by atoms with Crippen molar-refractivity contribution in [3.8, 4) is 11.6 Å². The highest BCUT2D eigenvalue weighted by atomic mass is 35.5. The van der Waals surface area contributed by atoms with E-state index >= 15 is 0 Å². The molecule has 9 heteroatoms. The highest BCUT2D eigenvalue weighted by molar-refractivity contribution is 6.31. The van der Waals surface area contributed by atoms with Gasteiger partial charge in [0.15, 0.2) is 12.4 Å². The maximum absolute atomic E-state index is 12.0. The van der Waals surface area contributed by atoms with Crippen molar-refractivity contribution in [1.82, 2.24) is 24.7 Å². The average molecular weight is 345 g/mol. The number of nitrogens with zero attached hydrogens (tertiary/aromatic N) is 5. The Balaban J connectivity index is 1.60. The van der Waals surface area contributed by atoms with Crippen LogP contribution in [0.1, 0.15) is 5.56 Å². The fraction of sp³-hybridized carbons (Fsp3) is 0.133. The van der Waals surface area contributed by atoms with Crippen molar-refractivity contribution >= 4 is 23.3 Å². The van der Waals surface area contributed by atoms with E-state index in [1.807, 2.05) is 6.92 Å². The number of rotatable bonds is 5. The Morgan fingerprint density at radius 1 is 1.29 bits per heavy atom. The molecule has 1 N–H and O–H groups in total. The number of ether oxygens (including phenoxy) is 1. The van der Waals surface area contributed by atoms with Crippen molar-refractivity contribution in [2.75, 3.05) is 11.9 Å². The molecule has 0 spiro atoms. The number of aryl methyl sites for hydroxylation is 1. The van der Waals surface area contributed by atoms with Crippen LogP contribution in [0.2, 0.25) is 5.02 Å². The van der Waals surface area contributed by atoms with Gasteiger partial charge in [-0.2, -0.15) is 5.10 Å². The van der Waals surface area contributed by atoms with Crippen molar-refractivity contribution in [3.05, 3.63) is 53.8 Å². The molecule has 0 unspecified atom stereocenters. The second kappa shape index (κ2) is 7.05. The summed E-state index contributed by atoms with van der Waals surface area (Å²) in [6, 6.07) is 6.77. The summed E-state index contributed by atoms with van der Waals surface area (Å²) in [7, 11) is 0. The first-order chi connectivity index (χ1) is 11.6. The lowest BCUT2D eigenvalue weighted by Gasteiger charge is -2.08. The first kappa shape index (κ1) is 15.9. The number of amides is 1. The van der Waals surface area contributed by atoms with Gasteiger partial charge in [0.2, 0.25) is 0 Å². The van der Waals surface area contributed by atoms with Crippen LogP contribution in [-0.4, -0.2) is 37.2 Å². The number of aromatic nitrogens is 5. The van der Waals surface area contributed by atoms with E-state index in [9.17, 15) is 4.79 Å². The number of halogens is 1. The van der Waals surface area contributed by atoms with Crippen molar-refractivity contribution in [3.63, 3.8) is 0 Å². The van der Waals surface area contributed by atoms with Crippen LogP contribution in [0.3, 0.4) is 0 Å². The summed E-state index contributed by atoms with van der Waals surface area (Å²) >= 11 is 5.95. The molecule has 0 atom stereocenters. The fourth-order valence-electron chi connectivity index (χ4n) is 1.90. The molecule has 2 aromatic heterocycles. The fourth-order valence-corrected chi connectivity index (χ4v) is 2.02. The quantitative estimate of drug-likeness (QED) is 0.761. The molecule has 0 saturated heterocycles. The van der Waals surface area contributed by atoms with Gasteiger partial charge in [-0.1, -0.05) is 11.6 Å². The van der Waals surface area contributed by atoms with Gasteiger partial charge in [-0.25, -0.2) is 19.6 Å². The van der Waals surface area contributed by atoms with Crippen LogP contribution < -0.4 is 10.1 Å². The van der Waals surface area contributed by atoms with Gasteiger partial charge in [0.1, 0.15) is 30.5 Å². The van der Waals surface area contributed by atoms with E-state index in [1.54, 1.807) is 24.3 Å². The molecule has 3 rings (SSSR count). The molecule has 3 aromatic rings. The number of nitrogens with one attached hydrogen (secondary N) is 1.